The maximum Gasteiger partial charge on any atom is 0.421 e. The number of aliphatic hydroxyl groups is 1. The quantitative estimate of drug-likeness (QED) is 0.808. The van der Waals surface area contributed by atoms with E-state index in [4.69, 9.17) is 0 Å². The third-order valence-corrected chi connectivity index (χ3v) is 2.48. The summed E-state index contributed by atoms with van der Waals surface area (Å²) in [6.45, 7) is 2.70. The molecule has 0 aromatic heterocycles. The lowest BCUT2D eigenvalue weighted by Crippen LogP contribution is -2.46. The molecule has 0 heterocycles. The molecule has 0 amide bonds. The fourth-order valence-electron chi connectivity index (χ4n) is 1.52. The number of rotatable bonds is 2. The second-order valence-corrected chi connectivity index (χ2v) is 3.78. The Bertz CT molecular complexity index is 318. The summed E-state index contributed by atoms with van der Waals surface area (Å²) in [4.78, 5) is 0. The molecule has 4 heteroatoms. The Kier molecular flexibility index (Phi) is 3.09. The molecule has 0 aliphatic carbocycles. The van der Waals surface area contributed by atoms with Crippen molar-refractivity contribution in [2.75, 3.05) is 0 Å². The van der Waals surface area contributed by atoms with Gasteiger partial charge in [0.2, 0.25) is 0 Å². The molecule has 0 radical (unpaired) electrons. The molecule has 1 aromatic carbocycles. The van der Waals surface area contributed by atoms with Crippen molar-refractivity contribution in [2.45, 2.75) is 25.6 Å². The summed E-state index contributed by atoms with van der Waals surface area (Å²) in [7, 11) is 0. The molecule has 0 saturated carbocycles. The molecule has 0 saturated heterocycles. The van der Waals surface area contributed by atoms with Crippen LogP contribution in [0.2, 0.25) is 0 Å². The van der Waals surface area contributed by atoms with Crippen LogP contribution in [0.25, 0.3) is 0 Å². The molecule has 1 atom stereocenters. The Hall–Kier alpha value is -1.03. The van der Waals surface area contributed by atoms with E-state index in [9.17, 15) is 18.3 Å². The van der Waals surface area contributed by atoms with Crippen molar-refractivity contribution in [3.05, 3.63) is 35.9 Å². The highest BCUT2D eigenvalue weighted by molar-refractivity contribution is 5.24. The highest BCUT2D eigenvalue weighted by Crippen LogP contribution is 2.44. The van der Waals surface area contributed by atoms with Gasteiger partial charge >= 0.3 is 6.18 Å². The minimum absolute atomic E-state index is 0.118. The highest BCUT2D eigenvalue weighted by atomic mass is 19.4. The van der Waals surface area contributed by atoms with Crippen LogP contribution in [0.1, 0.15) is 19.4 Å². The van der Waals surface area contributed by atoms with Crippen molar-refractivity contribution in [1.82, 2.24) is 0 Å². The lowest BCUT2D eigenvalue weighted by atomic mass is 9.83. The van der Waals surface area contributed by atoms with E-state index in [0.717, 1.165) is 0 Å². The monoisotopic (exact) mass is 218 g/mol. The Morgan fingerprint density at radius 3 is 1.87 bits per heavy atom. The maximum atomic E-state index is 12.8. The molecule has 1 aromatic rings. The second-order valence-electron chi connectivity index (χ2n) is 3.78. The number of alkyl halides is 3. The van der Waals surface area contributed by atoms with Gasteiger partial charge in [0.1, 0.15) is 0 Å². The smallest absolute Gasteiger partial charge is 0.376 e. The molecule has 0 fully saturated rings. The normalized spacial score (nSPS) is 16.5. The van der Waals surface area contributed by atoms with Crippen LogP contribution in [0.3, 0.4) is 0 Å². The molecule has 1 unspecified atom stereocenters. The van der Waals surface area contributed by atoms with Crippen LogP contribution in [0, 0.1) is 5.92 Å². The van der Waals surface area contributed by atoms with Crippen LogP contribution < -0.4 is 0 Å². The first-order valence-electron chi connectivity index (χ1n) is 4.64. The van der Waals surface area contributed by atoms with Gasteiger partial charge in [-0.3, -0.25) is 0 Å². The van der Waals surface area contributed by atoms with Crippen LogP contribution in [0.4, 0.5) is 13.2 Å². The zero-order valence-corrected chi connectivity index (χ0v) is 8.55. The summed E-state index contributed by atoms with van der Waals surface area (Å²) in [6.07, 6.45) is -4.66. The number of hydrogen-bond donors (Lipinski definition) is 1. The van der Waals surface area contributed by atoms with Crippen molar-refractivity contribution in [3.8, 4) is 0 Å². The first-order valence-corrected chi connectivity index (χ1v) is 4.64. The van der Waals surface area contributed by atoms with Gasteiger partial charge < -0.3 is 5.11 Å². The van der Waals surface area contributed by atoms with Gasteiger partial charge in [0.05, 0.1) is 0 Å². The number of halogens is 3. The Morgan fingerprint density at radius 2 is 1.53 bits per heavy atom. The molecule has 0 aliphatic rings. The first kappa shape index (κ1) is 12.0. The molecule has 0 bridgehead atoms. The fraction of sp³-hybridized carbons (Fsp3) is 0.455. The van der Waals surface area contributed by atoms with E-state index in [-0.39, 0.29) is 5.56 Å². The van der Waals surface area contributed by atoms with Crippen LogP contribution >= 0.6 is 0 Å². The van der Waals surface area contributed by atoms with E-state index < -0.39 is 17.7 Å². The lowest BCUT2D eigenvalue weighted by Gasteiger charge is -2.34. The van der Waals surface area contributed by atoms with E-state index in [1.807, 2.05) is 0 Å². The average Bonchev–Trinajstić information content (AvgIpc) is 2.16. The van der Waals surface area contributed by atoms with Crippen LogP contribution in [-0.4, -0.2) is 11.3 Å². The minimum Gasteiger partial charge on any atom is -0.376 e. The zero-order valence-electron chi connectivity index (χ0n) is 8.55. The van der Waals surface area contributed by atoms with Crippen LogP contribution in [0.15, 0.2) is 30.3 Å². The Morgan fingerprint density at radius 1 is 1.07 bits per heavy atom. The van der Waals surface area contributed by atoms with Crippen molar-refractivity contribution in [2.24, 2.45) is 5.92 Å². The Labute approximate surface area is 86.5 Å². The molecule has 0 spiro atoms. The van der Waals surface area contributed by atoms with Crippen LogP contribution in [0.5, 0.6) is 0 Å². The summed E-state index contributed by atoms with van der Waals surface area (Å²) in [5, 5.41) is 9.77. The molecule has 15 heavy (non-hydrogen) atoms. The average molecular weight is 218 g/mol. The van der Waals surface area contributed by atoms with Gasteiger partial charge in [-0.25, -0.2) is 0 Å². The van der Waals surface area contributed by atoms with Gasteiger partial charge in [-0.05, 0) is 11.5 Å². The van der Waals surface area contributed by atoms with Gasteiger partial charge in [0.25, 0.3) is 0 Å². The molecular formula is C11H13F3O. The molecule has 0 aliphatic heterocycles. The van der Waals surface area contributed by atoms with E-state index in [1.54, 1.807) is 6.07 Å². The maximum absolute atomic E-state index is 12.8. The largest absolute Gasteiger partial charge is 0.421 e. The van der Waals surface area contributed by atoms with Gasteiger partial charge in [-0.1, -0.05) is 44.2 Å². The first-order chi connectivity index (χ1) is 6.80. The highest BCUT2D eigenvalue weighted by Gasteiger charge is 2.56. The number of hydrogen-bond acceptors (Lipinski definition) is 1. The minimum atomic E-state index is -4.66. The summed E-state index contributed by atoms with van der Waals surface area (Å²) in [5.41, 5.74) is -2.89. The van der Waals surface area contributed by atoms with Gasteiger partial charge in [0.15, 0.2) is 5.60 Å². The van der Waals surface area contributed by atoms with E-state index in [0.29, 0.717) is 0 Å². The van der Waals surface area contributed by atoms with E-state index in [2.05, 4.69) is 0 Å². The molecule has 1 rings (SSSR count). The molecule has 1 N–H and O–H groups in total. The van der Waals surface area contributed by atoms with Gasteiger partial charge in [-0.2, -0.15) is 13.2 Å². The fourth-order valence-corrected chi connectivity index (χ4v) is 1.52. The number of benzene rings is 1. The van der Waals surface area contributed by atoms with E-state index in [1.165, 1.54) is 38.1 Å². The van der Waals surface area contributed by atoms with Gasteiger partial charge in [-0.15, -0.1) is 0 Å². The van der Waals surface area contributed by atoms with E-state index >= 15 is 0 Å². The summed E-state index contributed by atoms with van der Waals surface area (Å²) >= 11 is 0. The molecular weight excluding hydrogens is 205 g/mol. The van der Waals surface area contributed by atoms with Crippen molar-refractivity contribution in [3.63, 3.8) is 0 Å². The van der Waals surface area contributed by atoms with Crippen molar-refractivity contribution < 1.29 is 18.3 Å². The van der Waals surface area contributed by atoms with Crippen LogP contribution in [-0.2, 0) is 5.60 Å². The third kappa shape index (κ3) is 2.00. The predicted molar refractivity (Wildman–Crippen MR) is 51.2 cm³/mol. The summed E-state index contributed by atoms with van der Waals surface area (Å²) in [5.74, 6) is -0.931. The SMILES string of the molecule is CC(C)C(O)(c1ccccc1)C(F)(F)F. The lowest BCUT2D eigenvalue weighted by molar-refractivity contribution is -0.283. The molecule has 1 nitrogen and oxygen atoms in total. The van der Waals surface area contributed by atoms with Gasteiger partial charge in [0, 0.05) is 0 Å². The summed E-state index contributed by atoms with van der Waals surface area (Å²) < 4.78 is 38.4. The summed E-state index contributed by atoms with van der Waals surface area (Å²) in [6, 6.07) is 7.14. The zero-order chi connectivity index (χ0) is 11.7. The molecule has 84 valence electrons. The topological polar surface area (TPSA) is 20.2 Å². The predicted octanol–water partition coefficient (Wildman–Crippen LogP) is 3.09. The van der Waals surface area contributed by atoms with Crippen molar-refractivity contribution in [1.29, 1.82) is 0 Å². The second kappa shape index (κ2) is 3.85. The standard InChI is InChI=1S/C11H13F3O/c1-8(2)10(15,11(12,13)14)9-6-4-3-5-7-9/h3-8,15H,1-2H3. The third-order valence-electron chi connectivity index (χ3n) is 2.48. The Balaban J connectivity index is 3.26. The van der Waals surface area contributed by atoms with Crippen molar-refractivity contribution >= 4 is 0 Å².